The Morgan fingerprint density at radius 2 is 2.31 bits per heavy atom. The molecular weight excluding hydrogens is 224 g/mol. The molecule has 4 heteroatoms. The summed E-state index contributed by atoms with van der Waals surface area (Å²) in [5.74, 6) is 2.20. The molecule has 2 atom stereocenters. The van der Waals surface area contributed by atoms with Gasteiger partial charge in [0.05, 0.1) is 5.02 Å². The molecule has 1 aromatic heterocycles. The van der Waals surface area contributed by atoms with Gasteiger partial charge in [0.1, 0.15) is 0 Å². The number of nitrogens with zero attached hydrogens (tertiary/aromatic N) is 1. The zero-order valence-electron chi connectivity index (χ0n) is 8.82. The van der Waals surface area contributed by atoms with E-state index < -0.39 is 0 Å². The molecule has 1 heterocycles. The third-order valence-electron chi connectivity index (χ3n) is 3.40. The number of amides is 1. The summed E-state index contributed by atoms with van der Waals surface area (Å²) in [6, 6.07) is 3.48. The van der Waals surface area contributed by atoms with Crippen LogP contribution >= 0.6 is 11.6 Å². The number of carbonyl (C=O) groups excluding carboxylic acids is 1. The van der Waals surface area contributed by atoms with E-state index in [-0.39, 0.29) is 11.8 Å². The molecule has 1 aromatic rings. The third-order valence-corrected chi connectivity index (χ3v) is 3.71. The van der Waals surface area contributed by atoms with Gasteiger partial charge in [-0.15, -0.1) is 0 Å². The molecule has 0 bridgehead atoms. The minimum Gasteiger partial charge on any atom is -0.309 e. The Morgan fingerprint density at radius 1 is 1.50 bits per heavy atom. The van der Waals surface area contributed by atoms with Crippen molar-refractivity contribution in [2.24, 2.45) is 17.8 Å². The van der Waals surface area contributed by atoms with Crippen LogP contribution in [0.3, 0.4) is 0 Å². The van der Waals surface area contributed by atoms with Crippen LogP contribution in [-0.4, -0.2) is 10.9 Å². The summed E-state index contributed by atoms with van der Waals surface area (Å²) in [7, 11) is 0. The molecule has 16 heavy (non-hydrogen) atoms. The summed E-state index contributed by atoms with van der Waals surface area (Å²) in [5, 5.41) is 3.30. The quantitative estimate of drug-likeness (QED) is 0.877. The molecule has 1 amide bonds. The van der Waals surface area contributed by atoms with Gasteiger partial charge in [0.25, 0.3) is 0 Å². The fourth-order valence-electron chi connectivity index (χ4n) is 2.25. The molecule has 1 N–H and O–H groups in total. The Balaban J connectivity index is 1.63. The van der Waals surface area contributed by atoms with Crippen molar-refractivity contribution in [3.8, 4) is 0 Å². The zero-order chi connectivity index (χ0) is 11.1. The fourth-order valence-corrected chi connectivity index (χ4v) is 2.42. The highest BCUT2D eigenvalue weighted by molar-refractivity contribution is 6.33. The molecule has 2 saturated carbocycles. The van der Waals surface area contributed by atoms with Gasteiger partial charge in [0, 0.05) is 12.1 Å². The molecule has 2 aliphatic rings. The average Bonchev–Trinajstić information content (AvgIpc) is 3.14. The van der Waals surface area contributed by atoms with Gasteiger partial charge < -0.3 is 5.32 Å². The van der Waals surface area contributed by atoms with Gasteiger partial charge in [-0.05, 0) is 43.2 Å². The standard InChI is InChI=1S/C12H13ClN2O/c13-10-2-1-5-14-11(10)15-12(16)9-6-8(9)7-3-4-7/h1-2,5,7-9H,3-4,6H2,(H,14,15,16). The van der Waals surface area contributed by atoms with E-state index in [0.29, 0.717) is 16.8 Å². The van der Waals surface area contributed by atoms with Gasteiger partial charge in [-0.25, -0.2) is 4.98 Å². The van der Waals surface area contributed by atoms with Crippen molar-refractivity contribution < 1.29 is 4.79 Å². The van der Waals surface area contributed by atoms with Crippen LogP contribution in [0, 0.1) is 17.8 Å². The zero-order valence-corrected chi connectivity index (χ0v) is 9.57. The van der Waals surface area contributed by atoms with Crippen LogP contribution in [0.25, 0.3) is 0 Å². The molecule has 0 spiro atoms. The predicted octanol–water partition coefficient (Wildman–Crippen LogP) is 2.72. The Kier molecular flexibility index (Phi) is 2.36. The lowest BCUT2D eigenvalue weighted by Crippen LogP contribution is -2.16. The lowest BCUT2D eigenvalue weighted by Gasteiger charge is -2.04. The number of rotatable bonds is 3. The van der Waals surface area contributed by atoms with Crippen LogP contribution < -0.4 is 5.32 Å². The van der Waals surface area contributed by atoms with Crippen molar-refractivity contribution in [2.75, 3.05) is 5.32 Å². The number of hydrogen-bond donors (Lipinski definition) is 1. The highest BCUT2D eigenvalue weighted by atomic mass is 35.5. The summed E-state index contributed by atoms with van der Waals surface area (Å²) in [4.78, 5) is 15.9. The fraction of sp³-hybridized carbons (Fsp3) is 0.500. The van der Waals surface area contributed by atoms with Crippen LogP contribution in [-0.2, 0) is 4.79 Å². The molecule has 0 aromatic carbocycles. The molecule has 3 nitrogen and oxygen atoms in total. The number of anilines is 1. The number of halogens is 1. The van der Waals surface area contributed by atoms with E-state index in [1.807, 2.05) is 0 Å². The maximum absolute atomic E-state index is 11.9. The van der Waals surface area contributed by atoms with Gasteiger partial charge in [-0.2, -0.15) is 0 Å². The van der Waals surface area contributed by atoms with E-state index in [1.54, 1.807) is 18.3 Å². The van der Waals surface area contributed by atoms with E-state index in [0.717, 1.165) is 12.3 Å². The Bertz CT molecular complexity index is 431. The van der Waals surface area contributed by atoms with Crippen molar-refractivity contribution in [3.63, 3.8) is 0 Å². The summed E-state index contributed by atoms with van der Waals surface area (Å²) in [6.07, 6.45) is 5.28. The van der Waals surface area contributed by atoms with Gasteiger partial charge >= 0.3 is 0 Å². The maximum atomic E-state index is 11.9. The first-order valence-corrected chi connectivity index (χ1v) is 6.05. The highest BCUT2D eigenvalue weighted by Crippen LogP contribution is 2.54. The molecule has 3 rings (SSSR count). The van der Waals surface area contributed by atoms with Crippen molar-refractivity contribution >= 4 is 23.3 Å². The Morgan fingerprint density at radius 3 is 3.00 bits per heavy atom. The second-order valence-corrected chi connectivity index (χ2v) is 5.07. The predicted molar refractivity (Wildman–Crippen MR) is 62.2 cm³/mol. The normalized spacial score (nSPS) is 27.6. The van der Waals surface area contributed by atoms with E-state index in [2.05, 4.69) is 10.3 Å². The van der Waals surface area contributed by atoms with Crippen LogP contribution in [0.2, 0.25) is 5.02 Å². The SMILES string of the molecule is O=C(Nc1ncccc1Cl)C1CC1C1CC1. The van der Waals surface area contributed by atoms with Crippen molar-refractivity contribution in [1.82, 2.24) is 4.98 Å². The van der Waals surface area contributed by atoms with E-state index in [1.165, 1.54) is 12.8 Å². The second kappa shape index (κ2) is 3.74. The monoisotopic (exact) mass is 236 g/mol. The molecule has 2 aliphatic carbocycles. The summed E-state index contributed by atoms with van der Waals surface area (Å²) in [5.41, 5.74) is 0. The van der Waals surface area contributed by atoms with Gasteiger partial charge in [0.2, 0.25) is 5.91 Å². The minimum absolute atomic E-state index is 0.0810. The van der Waals surface area contributed by atoms with Gasteiger partial charge in [-0.3, -0.25) is 4.79 Å². The molecule has 0 saturated heterocycles. The van der Waals surface area contributed by atoms with Gasteiger partial charge in [0.15, 0.2) is 5.82 Å². The molecule has 0 radical (unpaired) electrons. The molecule has 2 fully saturated rings. The first kappa shape index (κ1) is 10.1. The average molecular weight is 237 g/mol. The number of pyridine rings is 1. The number of hydrogen-bond acceptors (Lipinski definition) is 2. The first-order valence-electron chi connectivity index (χ1n) is 5.67. The largest absolute Gasteiger partial charge is 0.309 e. The summed E-state index contributed by atoms with van der Waals surface area (Å²) >= 11 is 5.93. The van der Waals surface area contributed by atoms with Crippen molar-refractivity contribution in [3.05, 3.63) is 23.4 Å². The topological polar surface area (TPSA) is 42.0 Å². The summed E-state index contributed by atoms with van der Waals surface area (Å²) in [6.45, 7) is 0. The highest BCUT2D eigenvalue weighted by Gasteiger charge is 2.51. The summed E-state index contributed by atoms with van der Waals surface area (Å²) < 4.78 is 0. The lowest BCUT2D eigenvalue weighted by atomic mass is 10.2. The molecular formula is C12H13ClN2O. The number of nitrogens with one attached hydrogen (secondary N) is 1. The van der Waals surface area contributed by atoms with E-state index in [4.69, 9.17) is 11.6 Å². The maximum Gasteiger partial charge on any atom is 0.228 e. The van der Waals surface area contributed by atoms with E-state index in [9.17, 15) is 4.79 Å². The first-order chi connectivity index (χ1) is 7.75. The van der Waals surface area contributed by atoms with Gasteiger partial charge in [-0.1, -0.05) is 11.6 Å². The van der Waals surface area contributed by atoms with Crippen LogP contribution in [0.5, 0.6) is 0 Å². The third kappa shape index (κ3) is 1.92. The smallest absolute Gasteiger partial charge is 0.228 e. The minimum atomic E-state index is 0.0810. The molecule has 84 valence electrons. The molecule has 2 unspecified atom stereocenters. The Labute approximate surface area is 99.2 Å². The van der Waals surface area contributed by atoms with Crippen molar-refractivity contribution in [1.29, 1.82) is 0 Å². The van der Waals surface area contributed by atoms with Crippen LogP contribution in [0.1, 0.15) is 19.3 Å². The van der Waals surface area contributed by atoms with Crippen LogP contribution in [0.4, 0.5) is 5.82 Å². The number of carbonyl (C=O) groups is 1. The lowest BCUT2D eigenvalue weighted by molar-refractivity contribution is -0.117. The second-order valence-electron chi connectivity index (χ2n) is 4.67. The van der Waals surface area contributed by atoms with E-state index >= 15 is 0 Å². The Hall–Kier alpha value is -1.09. The van der Waals surface area contributed by atoms with Crippen molar-refractivity contribution in [2.45, 2.75) is 19.3 Å². The van der Waals surface area contributed by atoms with Crippen LogP contribution in [0.15, 0.2) is 18.3 Å². The number of aromatic nitrogens is 1. The molecule has 0 aliphatic heterocycles.